The van der Waals surface area contributed by atoms with Gasteiger partial charge in [0, 0.05) is 6.54 Å². The van der Waals surface area contributed by atoms with Crippen LogP contribution in [0.2, 0.25) is 0 Å². The van der Waals surface area contributed by atoms with E-state index in [1.807, 2.05) is 97.9 Å². The number of nitrogens with zero attached hydrogens (tertiary/aromatic N) is 1. The minimum Gasteiger partial charge on any atom is -0.370 e. The Morgan fingerprint density at radius 1 is 0.829 bits per heavy atom. The lowest BCUT2D eigenvalue weighted by Crippen LogP contribution is -2.61. The maximum atomic E-state index is 14.2. The number of benzene rings is 3. The third kappa shape index (κ3) is 6.55. The normalized spacial score (nSPS) is 13.5. The molecule has 2 atom stereocenters. The first-order chi connectivity index (χ1) is 16.8. The van der Waals surface area contributed by atoms with Gasteiger partial charge in [0.05, 0.1) is 12.0 Å². The number of hydrogen-bond donors (Lipinski definition) is 4. The highest BCUT2D eigenvalue weighted by atomic mass is 16.2. The van der Waals surface area contributed by atoms with Crippen molar-refractivity contribution in [2.45, 2.75) is 37.3 Å². The third-order valence-electron chi connectivity index (χ3n) is 6.04. The summed E-state index contributed by atoms with van der Waals surface area (Å²) in [7, 11) is 0. The van der Waals surface area contributed by atoms with Crippen molar-refractivity contribution in [2.24, 2.45) is 22.2 Å². The number of aliphatic imine (C=N–C) groups is 1. The fraction of sp³-hybridized carbons (Fsp3) is 0.250. The number of rotatable bonds is 11. The average Bonchev–Trinajstić information content (AvgIpc) is 2.88. The maximum Gasteiger partial charge on any atom is 0.248 e. The number of carbonyl (C=O) groups is 2. The zero-order chi connectivity index (χ0) is 25.3. The predicted molar refractivity (Wildman–Crippen MR) is 140 cm³/mol. The molecule has 0 saturated carbocycles. The van der Waals surface area contributed by atoms with Gasteiger partial charge >= 0.3 is 0 Å². The van der Waals surface area contributed by atoms with Crippen LogP contribution in [0.1, 0.15) is 48.4 Å². The van der Waals surface area contributed by atoms with Crippen LogP contribution >= 0.6 is 0 Å². The number of Topliss-reactive ketones (excluding diaryl/α,β-unsaturated/α-hetero) is 1. The number of ketones is 1. The van der Waals surface area contributed by atoms with Crippen LogP contribution < -0.4 is 22.5 Å². The molecule has 3 rings (SSSR count). The Morgan fingerprint density at radius 3 is 1.74 bits per heavy atom. The SMILES string of the molecule is CC(NC(=O)[C@@](N)(CCCN=C(N)N)C(=O)C(c1ccccc1)c1ccccc1)c1ccccc1. The molecule has 7 nitrogen and oxygen atoms in total. The molecule has 0 aliphatic rings. The first-order valence-electron chi connectivity index (χ1n) is 11.7. The average molecular weight is 472 g/mol. The first kappa shape index (κ1) is 25.6. The van der Waals surface area contributed by atoms with Gasteiger partial charge in [-0.15, -0.1) is 0 Å². The molecular weight excluding hydrogens is 438 g/mol. The lowest BCUT2D eigenvalue weighted by Gasteiger charge is -2.32. The molecule has 0 aliphatic heterocycles. The molecule has 3 aromatic rings. The van der Waals surface area contributed by atoms with E-state index in [1.54, 1.807) is 0 Å². The van der Waals surface area contributed by atoms with Crippen LogP contribution in [0.3, 0.4) is 0 Å². The summed E-state index contributed by atoms with van der Waals surface area (Å²) in [6.45, 7) is 2.13. The molecule has 0 aliphatic carbocycles. The van der Waals surface area contributed by atoms with E-state index in [2.05, 4.69) is 10.3 Å². The van der Waals surface area contributed by atoms with Crippen LogP contribution in [0.4, 0.5) is 0 Å². The van der Waals surface area contributed by atoms with Crippen molar-refractivity contribution in [3.05, 3.63) is 108 Å². The van der Waals surface area contributed by atoms with Crippen LogP contribution in [0, 0.1) is 0 Å². The van der Waals surface area contributed by atoms with Crippen molar-refractivity contribution in [3.8, 4) is 0 Å². The van der Waals surface area contributed by atoms with Crippen molar-refractivity contribution in [3.63, 3.8) is 0 Å². The molecule has 0 heterocycles. The van der Waals surface area contributed by atoms with E-state index in [0.717, 1.165) is 16.7 Å². The summed E-state index contributed by atoms with van der Waals surface area (Å²) in [6.07, 6.45) is 0.454. The Morgan fingerprint density at radius 2 is 1.29 bits per heavy atom. The van der Waals surface area contributed by atoms with E-state index < -0.39 is 17.4 Å². The lowest BCUT2D eigenvalue weighted by molar-refractivity contribution is -0.137. The van der Waals surface area contributed by atoms with E-state index in [-0.39, 0.29) is 30.8 Å². The number of hydrogen-bond acceptors (Lipinski definition) is 4. The van der Waals surface area contributed by atoms with Crippen LogP contribution in [-0.2, 0) is 9.59 Å². The molecule has 1 unspecified atom stereocenters. The van der Waals surface area contributed by atoms with Crippen LogP contribution in [0.5, 0.6) is 0 Å². The molecule has 0 fully saturated rings. The van der Waals surface area contributed by atoms with Gasteiger partial charge in [-0.05, 0) is 36.5 Å². The van der Waals surface area contributed by atoms with Crippen molar-refractivity contribution < 1.29 is 9.59 Å². The van der Waals surface area contributed by atoms with E-state index >= 15 is 0 Å². The van der Waals surface area contributed by atoms with Gasteiger partial charge in [-0.25, -0.2) is 0 Å². The lowest BCUT2D eigenvalue weighted by atomic mass is 9.76. The Bertz CT molecular complexity index is 1090. The molecule has 0 aromatic heterocycles. The highest BCUT2D eigenvalue weighted by Gasteiger charge is 2.45. The number of nitrogens with two attached hydrogens (primary N) is 3. The molecule has 7 N–H and O–H groups in total. The number of nitrogens with one attached hydrogen (secondary N) is 1. The van der Waals surface area contributed by atoms with Crippen molar-refractivity contribution in [1.82, 2.24) is 5.32 Å². The molecule has 0 radical (unpaired) electrons. The fourth-order valence-electron chi connectivity index (χ4n) is 4.11. The van der Waals surface area contributed by atoms with Gasteiger partial charge in [0.25, 0.3) is 0 Å². The zero-order valence-corrected chi connectivity index (χ0v) is 19.9. The molecule has 35 heavy (non-hydrogen) atoms. The number of guanidine groups is 1. The van der Waals surface area contributed by atoms with E-state index in [9.17, 15) is 9.59 Å². The molecule has 182 valence electrons. The molecular formula is C28H33N5O2. The smallest absolute Gasteiger partial charge is 0.248 e. The van der Waals surface area contributed by atoms with E-state index in [4.69, 9.17) is 17.2 Å². The van der Waals surface area contributed by atoms with Gasteiger partial charge in [0.1, 0.15) is 0 Å². The summed E-state index contributed by atoms with van der Waals surface area (Å²) in [6, 6.07) is 27.9. The van der Waals surface area contributed by atoms with Crippen molar-refractivity contribution in [2.75, 3.05) is 6.54 Å². The predicted octanol–water partition coefficient (Wildman–Crippen LogP) is 3.02. The molecule has 7 heteroatoms. The maximum absolute atomic E-state index is 14.2. The molecule has 0 bridgehead atoms. The third-order valence-corrected chi connectivity index (χ3v) is 6.04. The minimum absolute atomic E-state index is 0.0486. The summed E-state index contributed by atoms with van der Waals surface area (Å²) in [5, 5.41) is 2.96. The minimum atomic E-state index is -1.79. The van der Waals surface area contributed by atoms with Crippen LogP contribution in [0.15, 0.2) is 96.0 Å². The summed E-state index contributed by atoms with van der Waals surface area (Å²) in [4.78, 5) is 31.8. The Hall–Kier alpha value is -3.97. The number of amides is 1. The second kappa shape index (κ2) is 11.9. The summed E-state index contributed by atoms with van der Waals surface area (Å²) in [5.74, 6) is -1.66. The molecule has 1 amide bonds. The summed E-state index contributed by atoms with van der Waals surface area (Å²) in [5.41, 5.74) is 18.3. The van der Waals surface area contributed by atoms with Crippen molar-refractivity contribution in [1.29, 1.82) is 0 Å². The highest BCUT2D eigenvalue weighted by Crippen LogP contribution is 2.31. The van der Waals surface area contributed by atoms with E-state index in [0.29, 0.717) is 6.42 Å². The van der Waals surface area contributed by atoms with Crippen LogP contribution in [0.25, 0.3) is 0 Å². The van der Waals surface area contributed by atoms with Gasteiger partial charge in [-0.3, -0.25) is 14.6 Å². The highest BCUT2D eigenvalue weighted by molar-refractivity contribution is 6.14. The Kier molecular flexibility index (Phi) is 8.75. The van der Waals surface area contributed by atoms with E-state index in [1.165, 1.54) is 0 Å². The molecule has 0 spiro atoms. The zero-order valence-electron chi connectivity index (χ0n) is 19.9. The van der Waals surface area contributed by atoms with Gasteiger partial charge < -0.3 is 22.5 Å². The standard InChI is InChI=1S/C28H33N5O2/c1-20(21-12-5-2-6-13-21)33-26(35)28(31,18-11-19-32-27(29)30)25(34)24(22-14-7-3-8-15-22)23-16-9-4-10-17-23/h2-10,12-17,20,24H,11,18-19,31H2,1H3,(H,33,35)(H4,29,30,32)/t20?,28-/m1/s1. The first-order valence-corrected chi connectivity index (χ1v) is 11.7. The summed E-state index contributed by atoms with van der Waals surface area (Å²) < 4.78 is 0. The monoisotopic (exact) mass is 471 g/mol. The summed E-state index contributed by atoms with van der Waals surface area (Å²) >= 11 is 0. The molecule has 3 aromatic carbocycles. The quantitative estimate of drug-likeness (QED) is 0.147. The second-order valence-corrected chi connectivity index (χ2v) is 8.61. The van der Waals surface area contributed by atoms with Crippen LogP contribution in [-0.4, -0.2) is 29.7 Å². The largest absolute Gasteiger partial charge is 0.370 e. The van der Waals surface area contributed by atoms with Gasteiger partial charge in [-0.1, -0.05) is 91.0 Å². The van der Waals surface area contributed by atoms with Gasteiger partial charge in [0.2, 0.25) is 5.91 Å². The number of carbonyl (C=O) groups excluding carboxylic acids is 2. The van der Waals surface area contributed by atoms with Gasteiger partial charge in [0.15, 0.2) is 17.3 Å². The Balaban J connectivity index is 1.97. The van der Waals surface area contributed by atoms with Crippen molar-refractivity contribution >= 4 is 17.6 Å². The second-order valence-electron chi connectivity index (χ2n) is 8.61. The topological polar surface area (TPSA) is 137 Å². The fourth-order valence-corrected chi connectivity index (χ4v) is 4.11. The Labute approximate surface area is 206 Å². The molecule has 0 saturated heterocycles. The van der Waals surface area contributed by atoms with Gasteiger partial charge in [-0.2, -0.15) is 0 Å².